The maximum absolute atomic E-state index is 13.8. The monoisotopic (exact) mass is 481 g/mol. The Bertz CT molecular complexity index is 1230. The number of halogens is 1. The molecule has 0 aromatic heterocycles. The molecular formula is C25H24FN3O6. The average Bonchev–Trinajstić information content (AvgIpc) is 2.88. The highest BCUT2D eigenvalue weighted by Crippen LogP contribution is 2.29. The van der Waals surface area contributed by atoms with Crippen LogP contribution in [0.15, 0.2) is 65.8 Å². The van der Waals surface area contributed by atoms with E-state index in [2.05, 4.69) is 15.8 Å². The lowest BCUT2D eigenvalue weighted by Crippen LogP contribution is -2.32. The molecule has 0 saturated heterocycles. The van der Waals surface area contributed by atoms with E-state index in [1.807, 2.05) is 0 Å². The highest BCUT2D eigenvalue weighted by molar-refractivity contribution is 6.39. The van der Waals surface area contributed by atoms with Gasteiger partial charge in [-0.25, -0.2) is 9.82 Å². The number of hydrazone groups is 1. The van der Waals surface area contributed by atoms with Crippen molar-refractivity contribution in [2.24, 2.45) is 5.10 Å². The van der Waals surface area contributed by atoms with E-state index >= 15 is 0 Å². The van der Waals surface area contributed by atoms with Crippen molar-refractivity contribution < 1.29 is 32.9 Å². The lowest BCUT2D eigenvalue weighted by Gasteiger charge is -2.12. The smallest absolute Gasteiger partial charge is 0.329 e. The maximum Gasteiger partial charge on any atom is 0.329 e. The molecule has 0 saturated carbocycles. The average molecular weight is 481 g/mol. The van der Waals surface area contributed by atoms with Crippen molar-refractivity contribution in [3.05, 3.63) is 77.6 Å². The number of benzene rings is 3. The fraction of sp³-hybridized carbons (Fsp3) is 0.160. The summed E-state index contributed by atoms with van der Waals surface area (Å²) in [5, 5.41) is 6.25. The summed E-state index contributed by atoms with van der Waals surface area (Å²) in [5.41, 5.74) is 3.40. The Morgan fingerprint density at radius 2 is 1.63 bits per heavy atom. The van der Waals surface area contributed by atoms with Crippen molar-refractivity contribution in [2.45, 2.75) is 6.61 Å². The van der Waals surface area contributed by atoms with Crippen LogP contribution in [0.1, 0.15) is 11.1 Å². The topological polar surface area (TPSA) is 107 Å². The first-order chi connectivity index (χ1) is 16.9. The quantitative estimate of drug-likeness (QED) is 0.275. The van der Waals surface area contributed by atoms with E-state index in [1.165, 1.54) is 39.7 Å². The Morgan fingerprint density at radius 3 is 2.34 bits per heavy atom. The number of nitrogens with zero attached hydrogens (tertiary/aromatic N) is 1. The molecule has 2 amide bonds. The lowest BCUT2D eigenvalue weighted by molar-refractivity contribution is -0.136. The van der Waals surface area contributed by atoms with Crippen molar-refractivity contribution in [1.82, 2.24) is 5.43 Å². The summed E-state index contributed by atoms with van der Waals surface area (Å²) in [5.74, 6) is -0.649. The summed E-state index contributed by atoms with van der Waals surface area (Å²) < 4.78 is 35.1. The first-order valence-electron chi connectivity index (χ1n) is 10.4. The molecule has 182 valence electrons. The Hall–Kier alpha value is -4.60. The molecule has 3 rings (SSSR count). The predicted molar refractivity (Wildman–Crippen MR) is 128 cm³/mol. The standard InChI is InChI=1S/C25H24FN3O6/c1-32-18-9-11-21(33-2)20(13-18)28-24(30)25(31)29-27-14-16-8-10-22(23(12-16)34-3)35-15-17-6-4-5-7-19(17)26/h4-14H,15H2,1-3H3,(H,28,30)(H,29,31)/b27-14+. The highest BCUT2D eigenvalue weighted by Gasteiger charge is 2.16. The minimum atomic E-state index is -0.983. The molecule has 0 heterocycles. The van der Waals surface area contributed by atoms with Gasteiger partial charge in [0.2, 0.25) is 0 Å². The van der Waals surface area contributed by atoms with Crippen LogP contribution < -0.4 is 29.7 Å². The number of ether oxygens (including phenoxy) is 4. The van der Waals surface area contributed by atoms with Gasteiger partial charge in [-0.3, -0.25) is 9.59 Å². The number of hydrogen-bond donors (Lipinski definition) is 2. The van der Waals surface area contributed by atoms with Gasteiger partial charge in [0.25, 0.3) is 0 Å². The van der Waals surface area contributed by atoms with E-state index in [9.17, 15) is 14.0 Å². The number of methoxy groups -OCH3 is 3. The van der Waals surface area contributed by atoms with Crippen molar-refractivity contribution >= 4 is 23.7 Å². The van der Waals surface area contributed by atoms with Gasteiger partial charge in [-0.05, 0) is 42.0 Å². The van der Waals surface area contributed by atoms with Crippen LogP contribution in [0, 0.1) is 5.82 Å². The van der Waals surface area contributed by atoms with E-state index in [4.69, 9.17) is 18.9 Å². The summed E-state index contributed by atoms with van der Waals surface area (Å²) in [6.45, 7) is 0.0275. The third-order valence-electron chi connectivity index (χ3n) is 4.77. The van der Waals surface area contributed by atoms with Gasteiger partial charge in [-0.2, -0.15) is 5.10 Å². The molecular weight excluding hydrogens is 457 g/mol. The van der Waals surface area contributed by atoms with Crippen LogP contribution in [0.4, 0.5) is 10.1 Å². The molecule has 9 nitrogen and oxygen atoms in total. The largest absolute Gasteiger partial charge is 0.497 e. The Labute approximate surface area is 201 Å². The molecule has 0 fully saturated rings. The van der Waals surface area contributed by atoms with Crippen LogP contribution in [0.2, 0.25) is 0 Å². The van der Waals surface area contributed by atoms with Gasteiger partial charge >= 0.3 is 11.8 Å². The zero-order valence-electron chi connectivity index (χ0n) is 19.3. The third-order valence-corrected chi connectivity index (χ3v) is 4.77. The van der Waals surface area contributed by atoms with Gasteiger partial charge in [-0.15, -0.1) is 0 Å². The molecule has 3 aromatic rings. The number of anilines is 1. The molecule has 3 aromatic carbocycles. The minimum Gasteiger partial charge on any atom is -0.497 e. The number of carbonyl (C=O) groups is 2. The number of hydrogen-bond acceptors (Lipinski definition) is 7. The zero-order chi connectivity index (χ0) is 25.2. The van der Waals surface area contributed by atoms with Crippen LogP contribution in [-0.4, -0.2) is 39.4 Å². The van der Waals surface area contributed by atoms with Gasteiger partial charge in [0.15, 0.2) is 11.5 Å². The number of rotatable bonds is 9. The Morgan fingerprint density at radius 1 is 0.886 bits per heavy atom. The van der Waals surface area contributed by atoms with Crippen molar-refractivity contribution in [3.8, 4) is 23.0 Å². The van der Waals surface area contributed by atoms with E-state index in [-0.39, 0.29) is 18.1 Å². The minimum absolute atomic E-state index is 0.0275. The third kappa shape index (κ3) is 6.70. The van der Waals surface area contributed by atoms with Crippen LogP contribution in [0.25, 0.3) is 0 Å². The van der Waals surface area contributed by atoms with Crippen molar-refractivity contribution in [1.29, 1.82) is 0 Å². The summed E-state index contributed by atoms with van der Waals surface area (Å²) in [4.78, 5) is 24.4. The molecule has 0 aliphatic carbocycles. The molecule has 0 aliphatic heterocycles. The molecule has 2 N–H and O–H groups in total. The number of amides is 2. The van der Waals surface area contributed by atoms with E-state index in [0.717, 1.165) is 0 Å². The molecule has 35 heavy (non-hydrogen) atoms. The van der Waals surface area contributed by atoms with Crippen LogP contribution >= 0.6 is 0 Å². The van der Waals surface area contributed by atoms with Crippen LogP contribution in [0.3, 0.4) is 0 Å². The molecule has 10 heteroatoms. The van der Waals surface area contributed by atoms with Gasteiger partial charge < -0.3 is 24.3 Å². The summed E-state index contributed by atoms with van der Waals surface area (Å²) in [6.07, 6.45) is 1.33. The van der Waals surface area contributed by atoms with Gasteiger partial charge in [0.05, 0.1) is 33.2 Å². The molecule has 0 spiro atoms. The van der Waals surface area contributed by atoms with E-state index in [1.54, 1.807) is 48.5 Å². The second-order valence-electron chi connectivity index (χ2n) is 7.01. The Kier molecular flexibility index (Phi) is 8.60. The van der Waals surface area contributed by atoms with Crippen molar-refractivity contribution in [2.75, 3.05) is 26.6 Å². The van der Waals surface area contributed by atoms with Gasteiger partial charge in [-0.1, -0.05) is 18.2 Å². The highest BCUT2D eigenvalue weighted by atomic mass is 19.1. The molecule has 0 unspecified atom stereocenters. The number of carbonyl (C=O) groups excluding carboxylic acids is 2. The Balaban J connectivity index is 1.60. The second-order valence-corrected chi connectivity index (χ2v) is 7.01. The summed E-state index contributed by atoms with van der Waals surface area (Å²) in [7, 11) is 4.38. The molecule has 0 radical (unpaired) electrons. The van der Waals surface area contributed by atoms with Gasteiger partial charge in [0, 0.05) is 11.6 Å². The normalized spacial score (nSPS) is 10.5. The predicted octanol–water partition coefficient (Wildman–Crippen LogP) is 3.52. The lowest BCUT2D eigenvalue weighted by atomic mass is 10.2. The summed E-state index contributed by atoms with van der Waals surface area (Å²) in [6, 6.07) is 16.0. The van der Waals surface area contributed by atoms with Gasteiger partial charge in [0.1, 0.15) is 23.9 Å². The van der Waals surface area contributed by atoms with Crippen molar-refractivity contribution in [3.63, 3.8) is 0 Å². The first kappa shape index (κ1) is 25.0. The molecule has 0 bridgehead atoms. The zero-order valence-corrected chi connectivity index (χ0v) is 19.3. The van der Waals surface area contributed by atoms with E-state index < -0.39 is 11.8 Å². The fourth-order valence-electron chi connectivity index (χ4n) is 2.96. The fourth-order valence-corrected chi connectivity index (χ4v) is 2.96. The SMILES string of the molecule is COc1ccc(OC)c(NC(=O)C(=O)N/N=C/c2ccc(OCc3ccccc3F)c(OC)c2)c1. The first-order valence-corrected chi connectivity index (χ1v) is 10.4. The van der Waals surface area contributed by atoms with Crippen LogP contribution in [0.5, 0.6) is 23.0 Å². The number of nitrogens with one attached hydrogen (secondary N) is 2. The van der Waals surface area contributed by atoms with E-state index in [0.29, 0.717) is 34.1 Å². The van der Waals surface area contributed by atoms with Crippen LogP contribution in [-0.2, 0) is 16.2 Å². The molecule has 0 atom stereocenters. The molecule has 0 aliphatic rings. The maximum atomic E-state index is 13.8. The second kappa shape index (κ2) is 12.0. The summed E-state index contributed by atoms with van der Waals surface area (Å²) >= 11 is 0.